The smallest absolute Gasteiger partial charge is 0.241 e. The molecule has 0 aromatic heterocycles. The number of aliphatic hydroxyl groups is 1. The second-order valence-electron chi connectivity index (χ2n) is 4.80. The molecule has 0 aliphatic rings. The van der Waals surface area contributed by atoms with Crippen LogP contribution in [0.15, 0.2) is 23.1 Å². The van der Waals surface area contributed by atoms with Gasteiger partial charge < -0.3 is 9.84 Å². The zero-order valence-corrected chi connectivity index (χ0v) is 12.8. The second-order valence-corrected chi connectivity index (χ2v) is 6.89. The van der Waals surface area contributed by atoms with Crippen LogP contribution in [0.4, 0.5) is 0 Å². The van der Waals surface area contributed by atoms with E-state index in [9.17, 15) is 13.5 Å². The Labute approximate surface area is 118 Å². The molecular formula is C12H18ClNO4S. The monoisotopic (exact) mass is 307 g/mol. The number of rotatable bonds is 5. The Morgan fingerprint density at radius 2 is 2.00 bits per heavy atom. The average molecular weight is 308 g/mol. The molecule has 108 valence electrons. The lowest BCUT2D eigenvalue weighted by Gasteiger charge is -2.28. The lowest BCUT2D eigenvalue weighted by Crippen LogP contribution is -2.50. The molecule has 0 aliphatic carbocycles. The highest BCUT2D eigenvalue weighted by atomic mass is 35.5. The Morgan fingerprint density at radius 1 is 1.42 bits per heavy atom. The molecule has 1 atom stereocenters. The summed E-state index contributed by atoms with van der Waals surface area (Å²) in [7, 11) is -2.31. The molecule has 19 heavy (non-hydrogen) atoms. The van der Waals surface area contributed by atoms with Crippen molar-refractivity contribution in [3.63, 3.8) is 0 Å². The zero-order chi connectivity index (χ0) is 14.8. The molecule has 1 aromatic carbocycles. The van der Waals surface area contributed by atoms with E-state index in [4.69, 9.17) is 16.3 Å². The maximum atomic E-state index is 12.2. The summed E-state index contributed by atoms with van der Waals surface area (Å²) in [6.45, 7) is 4.71. The number of aliphatic hydroxyl groups excluding tert-OH is 1. The van der Waals surface area contributed by atoms with E-state index in [1.54, 1.807) is 13.8 Å². The first kappa shape index (κ1) is 16.2. The summed E-state index contributed by atoms with van der Waals surface area (Å²) in [4.78, 5) is 0.0204. The lowest BCUT2D eigenvalue weighted by molar-refractivity contribution is 0.111. The van der Waals surface area contributed by atoms with Gasteiger partial charge in [-0.3, -0.25) is 0 Å². The van der Waals surface area contributed by atoms with Crippen LogP contribution < -0.4 is 9.46 Å². The van der Waals surface area contributed by atoms with Crippen LogP contribution in [0.25, 0.3) is 0 Å². The van der Waals surface area contributed by atoms with Gasteiger partial charge in [0.15, 0.2) is 0 Å². The molecule has 0 amide bonds. The van der Waals surface area contributed by atoms with Gasteiger partial charge in [-0.25, -0.2) is 13.1 Å². The molecule has 0 saturated heterocycles. The fourth-order valence-electron chi connectivity index (χ4n) is 1.30. The van der Waals surface area contributed by atoms with Gasteiger partial charge in [-0.1, -0.05) is 11.6 Å². The molecule has 1 aromatic rings. The predicted molar refractivity (Wildman–Crippen MR) is 74.1 cm³/mol. The number of benzene rings is 1. The summed E-state index contributed by atoms with van der Waals surface area (Å²) in [5.41, 5.74) is -0.981. The van der Waals surface area contributed by atoms with E-state index in [0.717, 1.165) is 0 Å². The van der Waals surface area contributed by atoms with E-state index in [0.29, 0.717) is 5.75 Å². The Kier molecular flexibility index (Phi) is 4.84. The summed E-state index contributed by atoms with van der Waals surface area (Å²) in [6.07, 6.45) is -0.837. The SMILES string of the molecule is COc1ccc(S(=O)(=O)NC(C)(C)C(C)O)cc1Cl. The van der Waals surface area contributed by atoms with E-state index < -0.39 is 21.7 Å². The number of hydrogen-bond acceptors (Lipinski definition) is 4. The summed E-state index contributed by atoms with van der Waals surface area (Å²) < 4.78 is 31.8. The Bertz CT molecular complexity index is 555. The van der Waals surface area contributed by atoms with Crippen molar-refractivity contribution in [1.82, 2.24) is 4.72 Å². The number of hydrogen-bond donors (Lipinski definition) is 2. The standard InChI is InChI=1S/C12H18ClNO4S/c1-8(15)12(2,3)14-19(16,17)9-5-6-11(18-4)10(13)7-9/h5-8,14-15H,1-4H3. The summed E-state index contributed by atoms with van der Waals surface area (Å²) in [6, 6.07) is 4.18. The first-order chi connectivity index (χ1) is 8.60. The highest BCUT2D eigenvalue weighted by molar-refractivity contribution is 7.89. The van der Waals surface area contributed by atoms with Crippen molar-refractivity contribution >= 4 is 21.6 Å². The number of methoxy groups -OCH3 is 1. The first-order valence-corrected chi connectivity index (χ1v) is 7.52. The minimum absolute atomic E-state index is 0.0204. The van der Waals surface area contributed by atoms with Crippen molar-refractivity contribution in [3.05, 3.63) is 23.2 Å². The van der Waals surface area contributed by atoms with Gasteiger partial charge in [-0.15, -0.1) is 0 Å². The van der Waals surface area contributed by atoms with Crippen LogP contribution in [0.3, 0.4) is 0 Å². The van der Waals surface area contributed by atoms with Crippen molar-refractivity contribution < 1.29 is 18.3 Å². The lowest BCUT2D eigenvalue weighted by atomic mass is 10.0. The van der Waals surface area contributed by atoms with Crippen LogP contribution in [0.1, 0.15) is 20.8 Å². The number of nitrogens with one attached hydrogen (secondary N) is 1. The van der Waals surface area contributed by atoms with Crippen molar-refractivity contribution in [2.75, 3.05) is 7.11 Å². The second kappa shape index (κ2) is 5.66. The summed E-state index contributed by atoms with van der Waals surface area (Å²) >= 11 is 5.90. The van der Waals surface area contributed by atoms with Crippen LogP contribution >= 0.6 is 11.6 Å². The van der Waals surface area contributed by atoms with E-state index in [1.165, 1.54) is 32.2 Å². The van der Waals surface area contributed by atoms with Crippen molar-refractivity contribution in [3.8, 4) is 5.75 Å². The van der Waals surface area contributed by atoms with Crippen LogP contribution in [-0.2, 0) is 10.0 Å². The Hall–Kier alpha value is -0.820. The fourth-order valence-corrected chi connectivity index (χ4v) is 3.13. The fraction of sp³-hybridized carbons (Fsp3) is 0.500. The normalized spacial score (nSPS) is 14.2. The third-order valence-electron chi connectivity index (χ3n) is 2.88. The molecule has 0 radical (unpaired) electrons. The molecule has 0 heterocycles. The minimum Gasteiger partial charge on any atom is -0.495 e. The third kappa shape index (κ3) is 3.82. The van der Waals surface area contributed by atoms with Crippen LogP contribution in [0.2, 0.25) is 5.02 Å². The maximum absolute atomic E-state index is 12.2. The molecule has 0 fully saturated rings. The van der Waals surface area contributed by atoms with Gasteiger partial charge in [-0.05, 0) is 39.0 Å². The van der Waals surface area contributed by atoms with Crippen LogP contribution in [0.5, 0.6) is 5.75 Å². The molecule has 0 aliphatic heterocycles. The highest BCUT2D eigenvalue weighted by Crippen LogP contribution is 2.27. The first-order valence-electron chi connectivity index (χ1n) is 5.66. The van der Waals surface area contributed by atoms with Crippen molar-refractivity contribution in [2.45, 2.75) is 37.3 Å². The third-order valence-corrected chi connectivity index (χ3v) is 4.84. The largest absolute Gasteiger partial charge is 0.495 e. The molecule has 0 saturated carbocycles. The summed E-state index contributed by atoms with van der Waals surface area (Å²) in [5.74, 6) is 0.399. The van der Waals surface area contributed by atoms with Gasteiger partial charge in [0.1, 0.15) is 5.75 Å². The Morgan fingerprint density at radius 3 is 2.42 bits per heavy atom. The molecule has 1 rings (SSSR count). The van der Waals surface area contributed by atoms with E-state index in [-0.39, 0.29) is 9.92 Å². The van der Waals surface area contributed by atoms with Gasteiger partial charge >= 0.3 is 0 Å². The minimum atomic E-state index is -3.76. The van der Waals surface area contributed by atoms with E-state index in [2.05, 4.69) is 4.72 Å². The predicted octanol–water partition coefficient (Wildman–Crippen LogP) is 1.79. The van der Waals surface area contributed by atoms with E-state index >= 15 is 0 Å². The molecular weight excluding hydrogens is 290 g/mol. The highest BCUT2D eigenvalue weighted by Gasteiger charge is 2.30. The van der Waals surface area contributed by atoms with Crippen LogP contribution in [0, 0.1) is 0 Å². The van der Waals surface area contributed by atoms with E-state index in [1.807, 2.05) is 0 Å². The van der Waals surface area contributed by atoms with Gasteiger partial charge in [0.25, 0.3) is 0 Å². The molecule has 0 spiro atoms. The molecule has 2 N–H and O–H groups in total. The van der Waals surface area contributed by atoms with Crippen LogP contribution in [-0.4, -0.2) is 32.3 Å². The molecule has 5 nitrogen and oxygen atoms in total. The number of ether oxygens (including phenoxy) is 1. The average Bonchev–Trinajstić information content (AvgIpc) is 2.27. The maximum Gasteiger partial charge on any atom is 0.241 e. The van der Waals surface area contributed by atoms with Gasteiger partial charge in [0.05, 0.1) is 28.7 Å². The van der Waals surface area contributed by atoms with Crippen molar-refractivity contribution in [2.24, 2.45) is 0 Å². The number of sulfonamides is 1. The summed E-state index contributed by atoms with van der Waals surface area (Å²) in [5, 5.41) is 9.76. The van der Waals surface area contributed by atoms with Gasteiger partial charge in [0, 0.05) is 0 Å². The topological polar surface area (TPSA) is 75.6 Å². The molecule has 0 bridgehead atoms. The van der Waals surface area contributed by atoms with Crippen molar-refractivity contribution in [1.29, 1.82) is 0 Å². The van der Waals surface area contributed by atoms with Gasteiger partial charge in [0.2, 0.25) is 10.0 Å². The Balaban J connectivity index is 3.11. The van der Waals surface area contributed by atoms with Gasteiger partial charge in [-0.2, -0.15) is 0 Å². The molecule has 1 unspecified atom stereocenters. The zero-order valence-electron chi connectivity index (χ0n) is 11.3. The quantitative estimate of drug-likeness (QED) is 0.869. The molecule has 7 heteroatoms. The number of halogens is 1.